The standard InChI is InChI=1S/C46H95P.FH/c1-5-7-9-11-13-15-17-19-21-23-25-27-29-31-33-35-37-39-41-43-45(3)47-46(4)44-42-40-38-36-34-32-30-28-26-24-22-20-18-16-14-12-10-8-6-2;/h45-47H,5-44H2,1-4H3;1H. The minimum atomic E-state index is 0. The molecule has 0 saturated carbocycles. The molecule has 0 aromatic heterocycles. The molecule has 0 saturated heterocycles. The second kappa shape index (κ2) is 45.4. The Balaban J connectivity index is 0. The largest absolute Gasteiger partial charge is 0.269 e. The van der Waals surface area contributed by atoms with Crippen molar-refractivity contribution >= 4 is 8.58 Å². The van der Waals surface area contributed by atoms with Crippen LogP contribution in [0.4, 0.5) is 4.70 Å². The van der Waals surface area contributed by atoms with Crippen LogP contribution in [-0.4, -0.2) is 11.3 Å². The topological polar surface area (TPSA) is 0 Å². The lowest BCUT2D eigenvalue weighted by atomic mass is 10.0. The van der Waals surface area contributed by atoms with Crippen LogP contribution >= 0.6 is 8.58 Å². The molecule has 0 N–H and O–H groups in total. The van der Waals surface area contributed by atoms with Crippen LogP contribution in [0.25, 0.3) is 0 Å². The molecule has 0 aromatic rings. The summed E-state index contributed by atoms with van der Waals surface area (Å²) in [6.45, 7) is 9.71. The molecule has 0 fully saturated rings. The highest BCUT2D eigenvalue weighted by Crippen LogP contribution is 2.32. The fourth-order valence-electron chi connectivity index (χ4n) is 7.71. The molecule has 0 spiro atoms. The van der Waals surface area contributed by atoms with Crippen LogP contribution < -0.4 is 0 Å². The zero-order valence-corrected chi connectivity index (χ0v) is 35.3. The molecule has 292 valence electrons. The van der Waals surface area contributed by atoms with Gasteiger partial charge in [0.05, 0.1) is 0 Å². The third-order valence-corrected chi connectivity index (χ3v) is 12.8. The van der Waals surface area contributed by atoms with Crippen molar-refractivity contribution in [1.82, 2.24) is 0 Å². The number of hydrogen-bond donors (Lipinski definition) is 0. The van der Waals surface area contributed by atoms with Gasteiger partial charge in [-0.1, -0.05) is 272 Å². The molecule has 2 heteroatoms. The van der Waals surface area contributed by atoms with Crippen LogP contribution in [0.3, 0.4) is 0 Å². The minimum absolute atomic E-state index is 0. The second-order valence-corrected chi connectivity index (χ2v) is 18.6. The maximum absolute atomic E-state index is 2.54. The molecule has 0 aliphatic carbocycles. The summed E-state index contributed by atoms with van der Waals surface area (Å²) >= 11 is 0. The Morgan fingerprint density at radius 1 is 0.250 bits per heavy atom. The third-order valence-electron chi connectivity index (χ3n) is 11.1. The van der Waals surface area contributed by atoms with E-state index in [0.29, 0.717) is 0 Å². The summed E-state index contributed by atoms with van der Waals surface area (Å²) in [5.41, 5.74) is 1.94. The van der Waals surface area contributed by atoms with E-state index >= 15 is 0 Å². The van der Waals surface area contributed by atoms with Crippen molar-refractivity contribution in [2.75, 3.05) is 0 Å². The highest BCUT2D eigenvalue weighted by Gasteiger charge is 2.08. The maximum atomic E-state index is 2.54. The van der Waals surface area contributed by atoms with Gasteiger partial charge in [0, 0.05) is 0 Å². The van der Waals surface area contributed by atoms with Gasteiger partial charge in [-0.2, -0.15) is 0 Å². The van der Waals surface area contributed by atoms with E-state index in [-0.39, 0.29) is 4.70 Å². The predicted octanol–water partition coefficient (Wildman–Crippen LogP) is 18.2. The van der Waals surface area contributed by atoms with E-state index < -0.39 is 0 Å². The molecule has 0 rings (SSSR count). The third kappa shape index (κ3) is 44.4. The van der Waals surface area contributed by atoms with Crippen LogP contribution in [0.2, 0.25) is 0 Å². The van der Waals surface area contributed by atoms with Gasteiger partial charge in [0.1, 0.15) is 0 Å². The first kappa shape index (κ1) is 50.5. The smallest absolute Gasteiger partial charge is 0.0263 e. The lowest BCUT2D eigenvalue weighted by Crippen LogP contribution is -2.02. The first-order valence-corrected chi connectivity index (χ1v) is 24.1. The Morgan fingerprint density at radius 2 is 0.396 bits per heavy atom. The summed E-state index contributed by atoms with van der Waals surface area (Å²) in [7, 11) is 1.20. The van der Waals surface area contributed by atoms with Gasteiger partial charge in [-0.05, 0) is 24.2 Å². The highest BCUT2D eigenvalue weighted by molar-refractivity contribution is 7.39. The predicted molar refractivity (Wildman–Crippen MR) is 226 cm³/mol. The summed E-state index contributed by atoms with van der Waals surface area (Å²) in [6.07, 6.45) is 59.2. The summed E-state index contributed by atoms with van der Waals surface area (Å²) in [6, 6.07) is 0. The van der Waals surface area contributed by atoms with E-state index in [9.17, 15) is 0 Å². The first-order valence-electron chi connectivity index (χ1n) is 23.0. The molecule has 0 aromatic carbocycles. The maximum Gasteiger partial charge on any atom is -0.0263 e. The molecule has 0 aliphatic heterocycles. The monoisotopic (exact) mass is 699 g/mol. The van der Waals surface area contributed by atoms with Crippen LogP contribution in [0.5, 0.6) is 0 Å². The van der Waals surface area contributed by atoms with Crippen LogP contribution in [0.1, 0.15) is 285 Å². The zero-order chi connectivity index (χ0) is 34.1. The van der Waals surface area contributed by atoms with E-state index in [4.69, 9.17) is 0 Å². The summed E-state index contributed by atoms with van der Waals surface area (Å²) in [5.74, 6) is 0. The number of halogens is 1. The van der Waals surface area contributed by atoms with Crippen molar-refractivity contribution in [3.8, 4) is 0 Å². The number of rotatable bonds is 42. The quantitative estimate of drug-likeness (QED) is 0.0440. The number of unbranched alkanes of at least 4 members (excludes halogenated alkanes) is 36. The normalized spacial score (nSPS) is 13.0. The Labute approximate surface area is 308 Å². The van der Waals surface area contributed by atoms with Gasteiger partial charge in [0.25, 0.3) is 0 Å². The lowest BCUT2D eigenvalue weighted by Gasteiger charge is -2.17. The van der Waals surface area contributed by atoms with Crippen molar-refractivity contribution in [2.45, 2.75) is 296 Å². The highest BCUT2D eigenvalue weighted by atomic mass is 31.1. The van der Waals surface area contributed by atoms with Crippen LogP contribution in [0.15, 0.2) is 0 Å². The Morgan fingerprint density at radius 3 is 0.562 bits per heavy atom. The fourth-order valence-corrected chi connectivity index (χ4v) is 9.42. The van der Waals surface area contributed by atoms with E-state index in [1.165, 1.54) is 265 Å². The van der Waals surface area contributed by atoms with Gasteiger partial charge in [-0.3, -0.25) is 4.70 Å². The molecule has 2 atom stereocenters. The number of hydrogen-bond acceptors (Lipinski definition) is 0. The van der Waals surface area contributed by atoms with Gasteiger partial charge in [-0.15, -0.1) is 8.58 Å². The van der Waals surface area contributed by atoms with E-state index in [2.05, 4.69) is 27.7 Å². The Kier molecular flexibility index (Phi) is 47.7. The van der Waals surface area contributed by atoms with Crippen molar-refractivity contribution < 1.29 is 4.70 Å². The second-order valence-electron chi connectivity index (χ2n) is 16.3. The summed E-state index contributed by atoms with van der Waals surface area (Å²) in [4.78, 5) is 0. The summed E-state index contributed by atoms with van der Waals surface area (Å²) in [5, 5.41) is 0. The lowest BCUT2D eigenvalue weighted by molar-refractivity contribution is 0.521. The zero-order valence-electron chi connectivity index (χ0n) is 34.3. The molecule has 0 aliphatic rings. The summed E-state index contributed by atoms with van der Waals surface area (Å²) < 4.78 is 0. The molecule has 2 unspecified atom stereocenters. The van der Waals surface area contributed by atoms with Crippen molar-refractivity contribution in [3.63, 3.8) is 0 Å². The average molecular weight is 699 g/mol. The Hall–Kier alpha value is 0.360. The first-order chi connectivity index (χ1) is 23.2. The molecular formula is C46H96FP. The fraction of sp³-hybridized carbons (Fsp3) is 1.00. The van der Waals surface area contributed by atoms with Gasteiger partial charge in [0.2, 0.25) is 0 Å². The van der Waals surface area contributed by atoms with Crippen molar-refractivity contribution in [1.29, 1.82) is 0 Å². The van der Waals surface area contributed by atoms with E-state index in [0.717, 1.165) is 11.3 Å². The van der Waals surface area contributed by atoms with Crippen LogP contribution in [0, 0.1) is 0 Å². The van der Waals surface area contributed by atoms with Gasteiger partial charge < -0.3 is 0 Å². The van der Waals surface area contributed by atoms with Crippen molar-refractivity contribution in [2.24, 2.45) is 0 Å². The molecule has 0 amide bonds. The Bertz CT molecular complexity index is 490. The molecule has 0 bridgehead atoms. The SMILES string of the molecule is CCCCCCCCCCCCCCCCCCCCCC(C)PC(C)CCCCCCCCCCCCCCCCCCCCC.F. The molecule has 48 heavy (non-hydrogen) atoms. The average Bonchev–Trinajstić information content (AvgIpc) is 3.06. The minimum Gasteiger partial charge on any atom is -0.269 e. The molecule has 0 nitrogen and oxygen atoms in total. The van der Waals surface area contributed by atoms with Gasteiger partial charge in [0.15, 0.2) is 0 Å². The van der Waals surface area contributed by atoms with Gasteiger partial charge in [-0.25, -0.2) is 0 Å². The van der Waals surface area contributed by atoms with Gasteiger partial charge >= 0.3 is 0 Å². The van der Waals surface area contributed by atoms with E-state index in [1.807, 2.05) is 0 Å². The van der Waals surface area contributed by atoms with Crippen LogP contribution in [-0.2, 0) is 0 Å². The molecule has 0 heterocycles. The van der Waals surface area contributed by atoms with Crippen molar-refractivity contribution in [3.05, 3.63) is 0 Å². The molecular weight excluding hydrogens is 602 g/mol. The molecule has 0 radical (unpaired) electrons. The van der Waals surface area contributed by atoms with E-state index in [1.54, 1.807) is 0 Å².